The van der Waals surface area contributed by atoms with E-state index in [0.29, 0.717) is 60.3 Å². The van der Waals surface area contributed by atoms with E-state index in [4.69, 9.17) is 21.0 Å². The lowest BCUT2D eigenvalue weighted by Crippen LogP contribution is -2.32. The molecule has 0 unspecified atom stereocenters. The first-order valence-corrected chi connectivity index (χ1v) is 11.1. The highest BCUT2D eigenvalue weighted by Gasteiger charge is 2.27. The molecule has 2 aromatic heterocycles. The van der Waals surface area contributed by atoms with E-state index in [1.807, 2.05) is 24.3 Å². The quantitative estimate of drug-likeness (QED) is 0.545. The van der Waals surface area contributed by atoms with Crippen LogP contribution in [0, 0.1) is 6.92 Å². The lowest BCUT2D eigenvalue weighted by molar-refractivity contribution is 0.0776. The number of carbonyl (C=O) groups excluding carboxylic acids is 1. The summed E-state index contributed by atoms with van der Waals surface area (Å²) in [6.07, 6.45) is 0.534. The van der Waals surface area contributed by atoms with Gasteiger partial charge in [0.25, 0.3) is 11.5 Å². The van der Waals surface area contributed by atoms with Gasteiger partial charge in [-0.1, -0.05) is 34.0 Å². The molecule has 3 aromatic rings. The predicted octanol–water partition coefficient (Wildman–Crippen LogP) is 2.53. The Bertz CT molecular complexity index is 1220. The first kappa shape index (κ1) is 23.0. The van der Waals surface area contributed by atoms with E-state index in [1.165, 1.54) is 18.1 Å². The maximum Gasteiger partial charge on any atom is 0.259 e. The van der Waals surface area contributed by atoms with Gasteiger partial charge in [0, 0.05) is 56.4 Å². The SMILES string of the molecule is COc1cc(=O)n2c(c1C(=O)N(C)Cc1nonc1C)CCN(Cc1cccc(Cl)c1)CC2. The lowest BCUT2D eigenvalue weighted by Gasteiger charge is -2.21. The van der Waals surface area contributed by atoms with Gasteiger partial charge >= 0.3 is 0 Å². The summed E-state index contributed by atoms with van der Waals surface area (Å²) in [7, 11) is 3.15. The van der Waals surface area contributed by atoms with Gasteiger partial charge in [-0.25, -0.2) is 4.63 Å². The summed E-state index contributed by atoms with van der Waals surface area (Å²) in [6.45, 7) is 4.57. The average molecular weight is 472 g/mol. The largest absolute Gasteiger partial charge is 0.496 e. The van der Waals surface area contributed by atoms with E-state index in [-0.39, 0.29) is 23.8 Å². The number of amides is 1. The van der Waals surface area contributed by atoms with Gasteiger partial charge in [0.15, 0.2) is 0 Å². The molecular weight excluding hydrogens is 446 g/mol. The molecule has 0 aliphatic carbocycles. The molecule has 0 spiro atoms. The third-order valence-electron chi connectivity index (χ3n) is 5.90. The number of halogens is 1. The van der Waals surface area contributed by atoms with E-state index in [0.717, 1.165) is 5.56 Å². The molecular formula is C23H26ClN5O4. The summed E-state index contributed by atoms with van der Waals surface area (Å²) in [6, 6.07) is 9.14. The molecule has 4 rings (SSSR count). The molecule has 0 saturated carbocycles. The monoisotopic (exact) mass is 471 g/mol. The number of aryl methyl sites for hydroxylation is 1. The van der Waals surface area contributed by atoms with Crippen molar-refractivity contribution >= 4 is 17.5 Å². The number of methoxy groups -OCH3 is 1. The number of fused-ring (bicyclic) bond motifs is 1. The standard InChI is InChI=1S/C23H26ClN5O4/c1-15-18(26-33-25-15)14-27(2)23(31)22-19-7-8-28(13-16-5-4-6-17(24)11-16)9-10-29(19)21(30)12-20(22)32-3/h4-6,11-12H,7-10,13-14H2,1-3H3. The Morgan fingerprint density at radius 1 is 1.24 bits per heavy atom. The van der Waals surface area contributed by atoms with Gasteiger partial charge in [0.05, 0.1) is 13.7 Å². The zero-order valence-electron chi connectivity index (χ0n) is 18.9. The molecule has 1 amide bonds. The van der Waals surface area contributed by atoms with Crippen LogP contribution in [0.3, 0.4) is 0 Å². The van der Waals surface area contributed by atoms with E-state index < -0.39 is 0 Å². The van der Waals surface area contributed by atoms with Crippen molar-refractivity contribution in [2.75, 3.05) is 27.2 Å². The normalized spacial score (nSPS) is 13.9. The third kappa shape index (κ3) is 4.94. The Labute approximate surface area is 196 Å². The lowest BCUT2D eigenvalue weighted by atomic mass is 10.1. The molecule has 1 aromatic carbocycles. The van der Waals surface area contributed by atoms with Gasteiger partial charge in [-0.2, -0.15) is 0 Å². The molecule has 174 valence electrons. The minimum atomic E-state index is -0.249. The molecule has 0 fully saturated rings. The zero-order valence-corrected chi connectivity index (χ0v) is 19.6. The predicted molar refractivity (Wildman–Crippen MR) is 123 cm³/mol. The molecule has 1 aliphatic rings. The Morgan fingerprint density at radius 2 is 2.06 bits per heavy atom. The molecule has 33 heavy (non-hydrogen) atoms. The van der Waals surface area contributed by atoms with Crippen molar-refractivity contribution in [3.8, 4) is 5.75 Å². The number of hydrogen-bond acceptors (Lipinski definition) is 7. The van der Waals surface area contributed by atoms with Crippen LogP contribution in [0.15, 0.2) is 39.8 Å². The van der Waals surface area contributed by atoms with Crippen molar-refractivity contribution in [2.45, 2.75) is 33.0 Å². The second-order valence-electron chi connectivity index (χ2n) is 8.14. The molecule has 0 saturated heterocycles. The summed E-state index contributed by atoms with van der Waals surface area (Å²) in [5, 5.41) is 8.33. The van der Waals surface area contributed by atoms with E-state index in [9.17, 15) is 9.59 Å². The van der Waals surface area contributed by atoms with Gasteiger partial charge < -0.3 is 14.2 Å². The second-order valence-corrected chi connectivity index (χ2v) is 8.57. The molecule has 0 radical (unpaired) electrons. The summed E-state index contributed by atoms with van der Waals surface area (Å²) in [5.74, 6) is 0.0303. The first-order chi connectivity index (χ1) is 15.9. The van der Waals surface area contributed by atoms with Crippen LogP contribution in [0.25, 0.3) is 0 Å². The summed E-state index contributed by atoms with van der Waals surface area (Å²) in [5.41, 5.74) is 3.21. The minimum absolute atomic E-state index is 0.179. The number of ether oxygens (including phenoxy) is 1. The fourth-order valence-electron chi connectivity index (χ4n) is 4.12. The Morgan fingerprint density at radius 3 is 2.76 bits per heavy atom. The smallest absolute Gasteiger partial charge is 0.259 e. The molecule has 0 N–H and O–H groups in total. The van der Waals surface area contributed by atoms with Crippen LogP contribution in [-0.4, -0.2) is 57.8 Å². The van der Waals surface area contributed by atoms with Crippen LogP contribution in [-0.2, 0) is 26.1 Å². The molecule has 3 heterocycles. The van der Waals surface area contributed by atoms with E-state index >= 15 is 0 Å². The molecule has 1 aliphatic heterocycles. The molecule has 0 bridgehead atoms. The number of rotatable bonds is 6. The highest BCUT2D eigenvalue weighted by atomic mass is 35.5. The van der Waals surface area contributed by atoms with Crippen LogP contribution < -0.4 is 10.3 Å². The van der Waals surface area contributed by atoms with E-state index in [2.05, 4.69) is 15.2 Å². The van der Waals surface area contributed by atoms with Gasteiger partial charge in [-0.3, -0.25) is 14.5 Å². The number of benzene rings is 1. The van der Waals surface area contributed by atoms with Gasteiger partial charge in [-0.05, 0) is 24.6 Å². The highest BCUT2D eigenvalue weighted by Crippen LogP contribution is 2.25. The van der Waals surface area contributed by atoms with Gasteiger partial charge in [-0.15, -0.1) is 0 Å². The Hall–Kier alpha value is -3.17. The summed E-state index contributed by atoms with van der Waals surface area (Å²) < 4.78 is 11.9. The molecule has 9 nitrogen and oxygen atoms in total. The van der Waals surface area contributed by atoms with Crippen molar-refractivity contribution in [3.05, 3.63) is 73.9 Å². The zero-order chi connectivity index (χ0) is 23.5. The number of nitrogens with zero attached hydrogens (tertiary/aromatic N) is 5. The minimum Gasteiger partial charge on any atom is -0.496 e. The van der Waals surface area contributed by atoms with Crippen molar-refractivity contribution in [2.24, 2.45) is 0 Å². The Balaban J connectivity index is 1.62. The van der Waals surface area contributed by atoms with Crippen LogP contribution in [0.2, 0.25) is 5.02 Å². The van der Waals surface area contributed by atoms with Crippen molar-refractivity contribution < 1.29 is 14.2 Å². The van der Waals surface area contributed by atoms with Gasteiger partial charge in [0.1, 0.15) is 22.7 Å². The number of carbonyl (C=O) groups is 1. The van der Waals surface area contributed by atoms with E-state index in [1.54, 1.807) is 18.5 Å². The maximum absolute atomic E-state index is 13.5. The van der Waals surface area contributed by atoms with Crippen molar-refractivity contribution in [3.63, 3.8) is 0 Å². The average Bonchev–Trinajstić information content (AvgIpc) is 3.07. The van der Waals surface area contributed by atoms with Crippen molar-refractivity contribution in [1.82, 2.24) is 24.7 Å². The van der Waals surface area contributed by atoms with Crippen LogP contribution in [0.1, 0.15) is 33.0 Å². The van der Waals surface area contributed by atoms with Crippen LogP contribution in [0.4, 0.5) is 0 Å². The third-order valence-corrected chi connectivity index (χ3v) is 6.13. The number of hydrogen-bond donors (Lipinski definition) is 0. The van der Waals surface area contributed by atoms with Crippen LogP contribution >= 0.6 is 11.6 Å². The fraction of sp³-hybridized carbons (Fsp3) is 0.391. The second kappa shape index (κ2) is 9.76. The number of aromatic nitrogens is 3. The topological polar surface area (TPSA) is 93.7 Å². The number of pyridine rings is 1. The van der Waals surface area contributed by atoms with Crippen molar-refractivity contribution in [1.29, 1.82) is 0 Å². The highest BCUT2D eigenvalue weighted by molar-refractivity contribution is 6.30. The van der Waals surface area contributed by atoms with Gasteiger partial charge in [0.2, 0.25) is 0 Å². The molecule has 0 atom stereocenters. The fourth-order valence-corrected chi connectivity index (χ4v) is 4.33. The summed E-state index contributed by atoms with van der Waals surface area (Å²) >= 11 is 6.13. The Kier molecular flexibility index (Phi) is 6.80. The maximum atomic E-state index is 13.5. The van der Waals surface area contributed by atoms with Crippen LogP contribution in [0.5, 0.6) is 5.75 Å². The summed E-state index contributed by atoms with van der Waals surface area (Å²) in [4.78, 5) is 30.1. The first-order valence-electron chi connectivity index (χ1n) is 10.7. The molecule has 10 heteroatoms.